The van der Waals surface area contributed by atoms with Crippen molar-refractivity contribution in [2.24, 2.45) is 5.92 Å². The van der Waals surface area contributed by atoms with E-state index >= 15 is 0 Å². The highest BCUT2D eigenvalue weighted by Gasteiger charge is 2.30. The van der Waals surface area contributed by atoms with Crippen molar-refractivity contribution >= 4 is 28.9 Å². The number of carbonyl (C=O) groups excluding carboxylic acids is 2. The van der Waals surface area contributed by atoms with Gasteiger partial charge in [0.2, 0.25) is 5.95 Å². The molecule has 0 unspecified atom stereocenters. The molecule has 1 aliphatic carbocycles. The van der Waals surface area contributed by atoms with Gasteiger partial charge in [0, 0.05) is 31.2 Å². The minimum atomic E-state index is -0.182. The Balaban J connectivity index is 1.46. The van der Waals surface area contributed by atoms with Crippen LogP contribution in [0.15, 0.2) is 48.5 Å². The number of rotatable bonds is 6. The zero-order valence-corrected chi connectivity index (χ0v) is 20.1. The first-order chi connectivity index (χ1) is 17.1. The summed E-state index contributed by atoms with van der Waals surface area (Å²) in [5.41, 5.74) is 3.67. The Kier molecular flexibility index (Phi) is 7.11. The van der Waals surface area contributed by atoms with Crippen LogP contribution >= 0.6 is 0 Å². The molecule has 2 aromatic carbocycles. The highest BCUT2D eigenvalue weighted by atomic mass is 16.5. The van der Waals surface area contributed by atoms with Crippen LogP contribution < -0.4 is 5.32 Å². The molecule has 0 spiro atoms. The monoisotopic (exact) mass is 476 g/mol. The highest BCUT2D eigenvalue weighted by Crippen LogP contribution is 2.37. The van der Waals surface area contributed by atoms with E-state index in [9.17, 15) is 9.59 Å². The quantitative estimate of drug-likeness (QED) is 0.541. The van der Waals surface area contributed by atoms with Gasteiger partial charge in [0.25, 0.3) is 5.91 Å². The number of anilines is 1. The molecule has 1 amide bonds. The van der Waals surface area contributed by atoms with E-state index in [1.807, 2.05) is 24.3 Å². The summed E-state index contributed by atoms with van der Waals surface area (Å²) in [5, 5.41) is 3.05. The molecule has 8 heteroatoms. The number of methoxy groups -OCH3 is 1. The van der Waals surface area contributed by atoms with Crippen LogP contribution in [0.2, 0.25) is 0 Å². The van der Waals surface area contributed by atoms with Gasteiger partial charge in [-0.05, 0) is 55.5 Å². The lowest BCUT2D eigenvalue weighted by atomic mass is 9.86. The maximum atomic E-state index is 13.0. The molecule has 2 aliphatic rings. The largest absolute Gasteiger partial charge is 0.469 e. The maximum absolute atomic E-state index is 13.0. The van der Waals surface area contributed by atoms with Gasteiger partial charge in [0.15, 0.2) is 0 Å². The Labute approximate surface area is 205 Å². The van der Waals surface area contributed by atoms with Crippen LogP contribution in [0.5, 0.6) is 0 Å². The first-order valence-corrected chi connectivity index (χ1v) is 12.4. The van der Waals surface area contributed by atoms with Crippen molar-refractivity contribution in [1.82, 2.24) is 14.5 Å². The fourth-order valence-corrected chi connectivity index (χ4v) is 5.21. The summed E-state index contributed by atoms with van der Waals surface area (Å²) in [4.78, 5) is 32.3. The first kappa shape index (κ1) is 23.5. The molecule has 1 saturated heterocycles. The molecule has 3 aromatic rings. The van der Waals surface area contributed by atoms with E-state index in [1.165, 1.54) is 12.7 Å². The number of esters is 1. The average molecular weight is 477 g/mol. The molecule has 1 aliphatic heterocycles. The molecule has 184 valence electrons. The molecule has 0 atom stereocenters. The predicted octanol–water partition coefficient (Wildman–Crippen LogP) is 4.03. The lowest BCUT2D eigenvalue weighted by Crippen LogP contribution is -2.35. The Morgan fingerprint density at radius 1 is 1.06 bits per heavy atom. The molecule has 0 bridgehead atoms. The molecular formula is C27H32N4O4. The molecule has 5 rings (SSSR count). The summed E-state index contributed by atoms with van der Waals surface area (Å²) >= 11 is 0. The van der Waals surface area contributed by atoms with Crippen molar-refractivity contribution < 1.29 is 19.1 Å². The zero-order chi connectivity index (χ0) is 24.2. The normalized spacial score (nSPS) is 21.1. The molecule has 8 nitrogen and oxygen atoms in total. The first-order valence-electron chi connectivity index (χ1n) is 12.4. The van der Waals surface area contributed by atoms with Crippen LogP contribution in [0, 0.1) is 5.92 Å². The third kappa shape index (κ3) is 5.23. The maximum Gasteiger partial charge on any atom is 0.308 e. The third-order valence-electron chi connectivity index (χ3n) is 7.12. The van der Waals surface area contributed by atoms with Gasteiger partial charge in [0.05, 0.1) is 37.3 Å². The minimum absolute atomic E-state index is 0.0646. The number of nitrogens with one attached hydrogen (secondary N) is 1. The number of aromatic nitrogens is 2. The number of imidazole rings is 1. The molecule has 2 fully saturated rings. The van der Waals surface area contributed by atoms with E-state index in [4.69, 9.17) is 14.5 Å². The highest BCUT2D eigenvalue weighted by molar-refractivity contribution is 6.04. The van der Waals surface area contributed by atoms with Crippen molar-refractivity contribution in [3.8, 4) is 0 Å². The summed E-state index contributed by atoms with van der Waals surface area (Å²) in [6.45, 7) is 4.23. The second-order valence-electron chi connectivity index (χ2n) is 9.37. The summed E-state index contributed by atoms with van der Waals surface area (Å²) < 4.78 is 12.6. The van der Waals surface area contributed by atoms with Gasteiger partial charge in [-0.15, -0.1) is 0 Å². The summed E-state index contributed by atoms with van der Waals surface area (Å²) in [7, 11) is 1.45. The number of ether oxygens (including phenoxy) is 2. The molecule has 0 radical (unpaired) electrons. The average Bonchev–Trinajstić information content (AvgIpc) is 3.26. The van der Waals surface area contributed by atoms with Crippen molar-refractivity contribution in [3.63, 3.8) is 0 Å². The van der Waals surface area contributed by atoms with Gasteiger partial charge in [-0.2, -0.15) is 0 Å². The second-order valence-corrected chi connectivity index (χ2v) is 9.37. The third-order valence-corrected chi connectivity index (χ3v) is 7.12. The summed E-state index contributed by atoms with van der Waals surface area (Å²) in [6, 6.07) is 15.7. The lowest BCUT2D eigenvalue weighted by Gasteiger charge is -2.29. The number of benzene rings is 2. The van der Waals surface area contributed by atoms with Crippen LogP contribution in [-0.4, -0.2) is 59.7 Å². The molecule has 2 heterocycles. The van der Waals surface area contributed by atoms with Gasteiger partial charge in [-0.1, -0.05) is 24.3 Å². The minimum Gasteiger partial charge on any atom is -0.469 e. The Bertz CT molecular complexity index is 1180. The number of nitrogens with zero attached hydrogens (tertiary/aromatic N) is 3. The zero-order valence-electron chi connectivity index (χ0n) is 20.1. The van der Waals surface area contributed by atoms with E-state index < -0.39 is 0 Å². The van der Waals surface area contributed by atoms with Crippen LogP contribution in [0.4, 0.5) is 5.95 Å². The molecular weight excluding hydrogens is 444 g/mol. The van der Waals surface area contributed by atoms with Gasteiger partial charge >= 0.3 is 5.97 Å². The van der Waals surface area contributed by atoms with Crippen LogP contribution in [0.1, 0.15) is 47.6 Å². The molecule has 1 aromatic heterocycles. The van der Waals surface area contributed by atoms with E-state index in [0.717, 1.165) is 69.6 Å². The van der Waals surface area contributed by atoms with Crippen LogP contribution in [0.3, 0.4) is 0 Å². The van der Waals surface area contributed by atoms with E-state index in [0.29, 0.717) is 11.5 Å². The molecule has 1 saturated carbocycles. The van der Waals surface area contributed by atoms with Gasteiger partial charge in [-0.25, -0.2) is 4.98 Å². The van der Waals surface area contributed by atoms with Crippen molar-refractivity contribution in [2.45, 2.75) is 38.3 Å². The van der Waals surface area contributed by atoms with E-state index in [2.05, 4.69) is 26.9 Å². The van der Waals surface area contributed by atoms with Crippen molar-refractivity contribution in [2.75, 3.05) is 38.7 Å². The fraction of sp³-hybridized carbons (Fsp3) is 0.444. The number of fused-ring (bicyclic) bond motifs is 1. The molecule has 35 heavy (non-hydrogen) atoms. The second kappa shape index (κ2) is 10.6. The number of hydrogen-bond donors (Lipinski definition) is 1. The topological polar surface area (TPSA) is 85.7 Å². The van der Waals surface area contributed by atoms with E-state index in [-0.39, 0.29) is 23.8 Å². The van der Waals surface area contributed by atoms with Crippen LogP contribution in [0.25, 0.3) is 11.0 Å². The number of amides is 1. The Morgan fingerprint density at radius 3 is 2.51 bits per heavy atom. The lowest BCUT2D eigenvalue weighted by molar-refractivity contribution is -0.146. The number of carbonyl (C=O) groups is 2. The van der Waals surface area contributed by atoms with Gasteiger partial charge < -0.3 is 14.0 Å². The van der Waals surface area contributed by atoms with Crippen molar-refractivity contribution in [3.05, 3.63) is 59.7 Å². The number of morpholine rings is 1. The van der Waals surface area contributed by atoms with Crippen molar-refractivity contribution in [1.29, 1.82) is 0 Å². The Morgan fingerprint density at radius 2 is 1.80 bits per heavy atom. The van der Waals surface area contributed by atoms with Crippen LogP contribution in [-0.2, 0) is 20.8 Å². The SMILES string of the molecule is COC(=O)[C@H]1CC[C@@H](n2c(NC(=O)c3ccccc3)nc3ccc(CN4CCOCC4)cc32)CC1. The summed E-state index contributed by atoms with van der Waals surface area (Å²) in [5.74, 6) is 0.174. The standard InChI is InChI=1S/C27H32N4O4/c1-34-26(33)21-8-10-22(11-9-21)31-24-17-19(18-30-13-15-35-16-14-30)7-12-23(24)28-27(31)29-25(32)20-5-3-2-4-6-20/h2-7,12,17,21-22H,8-11,13-16,18H2,1H3,(H,28,29,32)/t21-,22+. The van der Waals surface area contributed by atoms with E-state index in [1.54, 1.807) is 12.1 Å². The number of hydrogen-bond acceptors (Lipinski definition) is 6. The van der Waals surface area contributed by atoms with Gasteiger partial charge in [0.1, 0.15) is 0 Å². The predicted molar refractivity (Wildman–Crippen MR) is 133 cm³/mol. The smallest absolute Gasteiger partial charge is 0.308 e. The fourth-order valence-electron chi connectivity index (χ4n) is 5.21. The molecule has 1 N–H and O–H groups in total. The van der Waals surface area contributed by atoms with Gasteiger partial charge in [-0.3, -0.25) is 19.8 Å². The Hall–Kier alpha value is -3.23. The summed E-state index contributed by atoms with van der Waals surface area (Å²) in [6.07, 6.45) is 3.17.